The number of aliphatic hydroxyl groups excluding tert-OH is 1. The van der Waals surface area contributed by atoms with Gasteiger partial charge in [-0.25, -0.2) is 0 Å². The van der Waals surface area contributed by atoms with Crippen molar-refractivity contribution in [3.05, 3.63) is 29.3 Å². The lowest BCUT2D eigenvalue weighted by molar-refractivity contribution is -0.123. The van der Waals surface area contributed by atoms with E-state index in [4.69, 9.17) is 16.3 Å². The van der Waals surface area contributed by atoms with Crippen LogP contribution in [-0.2, 0) is 4.79 Å². The highest BCUT2D eigenvalue weighted by molar-refractivity contribution is 6.32. The molecule has 1 amide bonds. The quantitative estimate of drug-likeness (QED) is 0.741. The van der Waals surface area contributed by atoms with Gasteiger partial charge in [-0.15, -0.1) is 0 Å². The summed E-state index contributed by atoms with van der Waals surface area (Å²) >= 11 is 6.06. The molecule has 1 aromatic rings. The molecule has 21 heavy (non-hydrogen) atoms. The number of ether oxygens (including phenoxy) is 1. The summed E-state index contributed by atoms with van der Waals surface area (Å²) < 4.78 is 5.81. The molecule has 1 aliphatic heterocycles. The van der Waals surface area contributed by atoms with Gasteiger partial charge in [0.2, 0.25) is 5.91 Å². The smallest absolute Gasteiger partial charge is 0.237 e. The third kappa shape index (κ3) is 4.59. The summed E-state index contributed by atoms with van der Waals surface area (Å²) in [5, 5.41) is 15.8. The standard InChI is InChI=1S/C15H21ClN2O3/c1-2-11(21-14-6-4-3-5-12(14)16)9-18-15(20)13-7-10(19)8-17-13/h3-6,10-11,13,17,19H,2,7-9H2,1H3,(H,18,20). The maximum absolute atomic E-state index is 12.0. The van der Waals surface area contributed by atoms with Crippen LogP contribution in [0.2, 0.25) is 5.02 Å². The number of aliphatic hydroxyl groups is 1. The molecule has 6 heteroatoms. The minimum absolute atomic E-state index is 0.104. The van der Waals surface area contributed by atoms with Crippen LogP contribution in [0.1, 0.15) is 19.8 Å². The summed E-state index contributed by atoms with van der Waals surface area (Å²) in [4.78, 5) is 12.0. The predicted molar refractivity (Wildman–Crippen MR) is 81.6 cm³/mol. The van der Waals surface area contributed by atoms with Gasteiger partial charge in [0, 0.05) is 6.54 Å². The van der Waals surface area contributed by atoms with Crippen molar-refractivity contribution < 1.29 is 14.6 Å². The Morgan fingerprint density at radius 3 is 2.95 bits per heavy atom. The molecule has 0 aliphatic carbocycles. The van der Waals surface area contributed by atoms with Crippen molar-refractivity contribution in [2.24, 2.45) is 0 Å². The van der Waals surface area contributed by atoms with Gasteiger partial charge in [0.25, 0.3) is 0 Å². The Balaban J connectivity index is 1.82. The first-order valence-electron chi connectivity index (χ1n) is 7.20. The molecule has 1 heterocycles. The molecule has 1 fully saturated rings. The van der Waals surface area contributed by atoms with Gasteiger partial charge in [-0.2, -0.15) is 0 Å². The van der Waals surface area contributed by atoms with Crippen molar-refractivity contribution in [3.8, 4) is 5.75 Å². The molecule has 0 saturated carbocycles. The second-order valence-electron chi connectivity index (χ2n) is 5.17. The molecule has 0 spiro atoms. The normalized spacial score (nSPS) is 22.8. The van der Waals surface area contributed by atoms with E-state index in [1.54, 1.807) is 6.07 Å². The fourth-order valence-corrected chi connectivity index (χ4v) is 2.42. The summed E-state index contributed by atoms with van der Waals surface area (Å²) in [6.45, 7) is 2.87. The third-order valence-corrected chi connectivity index (χ3v) is 3.83. The molecule has 3 atom stereocenters. The zero-order valence-corrected chi connectivity index (χ0v) is 12.8. The van der Waals surface area contributed by atoms with E-state index in [9.17, 15) is 9.90 Å². The zero-order chi connectivity index (χ0) is 15.2. The summed E-state index contributed by atoms with van der Waals surface area (Å²) in [6, 6.07) is 6.96. The molecule has 0 aromatic heterocycles. The van der Waals surface area contributed by atoms with Crippen molar-refractivity contribution in [1.82, 2.24) is 10.6 Å². The number of β-amino-alcohol motifs (C(OH)–C–C–N with tert-alkyl or cyclic N) is 1. The monoisotopic (exact) mass is 312 g/mol. The first-order chi connectivity index (χ1) is 10.1. The molecule has 3 N–H and O–H groups in total. The first kappa shape index (κ1) is 16.1. The minimum Gasteiger partial charge on any atom is -0.487 e. The Morgan fingerprint density at radius 2 is 2.33 bits per heavy atom. The second-order valence-corrected chi connectivity index (χ2v) is 5.58. The molecule has 1 aliphatic rings. The number of benzene rings is 1. The van der Waals surface area contributed by atoms with Gasteiger partial charge in [0.15, 0.2) is 0 Å². The maximum atomic E-state index is 12.0. The van der Waals surface area contributed by atoms with Crippen LogP contribution in [0.3, 0.4) is 0 Å². The maximum Gasteiger partial charge on any atom is 0.237 e. The van der Waals surface area contributed by atoms with Crippen molar-refractivity contribution in [1.29, 1.82) is 0 Å². The van der Waals surface area contributed by atoms with Crippen LogP contribution in [0, 0.1) is 0 Å². The summed E-state index contributed by atoms with van der Waals surface area (Å²) in [5.74, 6) is 0.516. The Bertz CT molecular complexity index is 484. The van der Waals surface area contributed by atoms with Crippen molar-refractivity contribution in [3.63, 3.8) is 0 Å². The van der Waals surface area contributed by atoms with Crippen LogP contribution >= 0.6 is 11.6 Å². The zero-order valence-electron chi connectivity index (χ0n) is 12.0. The van der Waals surface area contributed by atoms with Crippen LogP contribution in [-0.4, -0.2) is 42.4 Å². The SMILES string of the molecule is CCC(CNC(=O)C1CC(O)CN1)Oc1ccccc1Cl. The Hall–Kier alpha value is -1.30. The molecular weight excluding hydrogens is 292 g/mol. The number of carbonyl (C=O) groups is 1. The van der Waals surface area contributed by atoms with E-state index in [2.05, 4.69) is 10.6 Å². The fraction of sp³-hybridized carbons (Fsp3) is 0.533. The van der Waals surface area contributed by atoms with Crippen molar-refractivity contribution >= 4 is 17.5 Å². The molecule has 1 aromatic carbocycles. The summed E-state index contributed by atoms with van der Waals surface area (Å²) in [6.07, 6.45) is 0.627. The number of amides is 1. The van der Waals surface area contributed by atoms with E-state index in [1.165, 1.54) is 0 Å². The molecule has 0 bridgehead atoms. The Kier molecular flexibility index (Phi) is 5.85. The average molecular weight is 313 g/mol. The largest absolute Gasteiger partial charge is 0.487 e. The molecule has 1 saturated heterocycles. The molecule has 5 nitrogen and oxygen atoms in total. The van der Waals surface area contributed by atoms with E-state index in [0.717, 1.165) is 6.42 Å². The van der Waals surface area contributed by atoms with Crippen LogP contribution in [0.25, 0.3) is 0 Å². The highest BCUT2D eigenvalue weighted by atomic mass is 35.5. The number of halogens is 1. The molecule has 2 rings (SSSR count). The van der Waals surface area contributed by atoms with E-state index >= 15 is 0 Å². The number of hydrogen-bond acceptors (Lipinski definition) is 4. The highest BCUT2D eigenvalue weighted by Gasteiger charge is 2.28. The average Bonchev–Trinajstić information content (AvgIpc) is 2.91. The van der Waals surface area contributed by atoms with Gasteiger partial charge in [-0.3, -0.25) is 4.79 Å². The van der Waals surface area contributed by atoms with E-state index in [-0.39, 0.29) is 18.1 Å². The van der Waals surface area contributed by atoms with Crippen LogP contribution in [0.15, 0.2) is 24.3 Å². The number of nitrogens with one attached hydrogen (secondary N) is 2. The van der Waals surface area contributed by atoms with Gasteiger partial charge in [-0.1, -0.05) is 30.7 Å². The van der Waals surface area contributed by atoms with Gasteiger partial charge < -0.3 is 20.5 Å². The molecule has 116 valence electrons. The lowest BCUT2D eigenvalue weighted by atomic mass is 10.2. The van der Waals surface area contributed by atoms with Gasteiger partial charge in [0.05, 0.1) is 23.7 Å². The van der Waals surface area contributed by atoms with E-state index in [1.807, 2.05) is 25.1 Å². The third-order valence-electron chi connectivity index (χ3n) is 3.51. The Labute approximate surface area is 129 Å². The summed E-state index contributed by atoms with van der Waals surface area (Å²) in [5.41, 5.74) is 0. The van der Waals surface area contributed by atoms with Crippen LogP contribution in [0.5, 0.6) is 5.75 Å². The van der Waals surface area contributed by atoms with Gasteiger partial charge in [0.1, 0.15) is 11.9 Å². The number of para-hydroxylation sites is 1. The van der Waals surface area contributed by atoms with Gasteiger partial charge in [-0.05, 0) is 25.0 Å². The molecule has 0 radical (unpaired) electrons. The lowest BCUT2D eigenvalue weighted by Crippen LogP contribution is -2.44. The van der Waals surface area contributed by atoms with Crippen LogP contribution < -0.4 is 15.4 Å². The van der Waals surface area contributed by atoms with E-state index in [0.29, 0.717) is 30.3 Å². The van der Waals surface area contributed by atoms with E-state index < -0.39 is 6.10 Å². The van der Waals surface area contributed by atoms with Crippen LogP contribution in [0.4, 0.5) is 0 Å². The van der Waals surface area contributed by atoms with Gasteiger partial charge >= 0.3 is 0 Å². The number of hydrogen-bond donors (Lipinski definition) is 3. The highest BCUT2D eigenvalue weighted by Crippen LogP contribution is 2.24. The molecular formula is C15H21ClN2O3. The molecule has 3 unspecified atom stereocenters. The van der Waals surface area contributed by atoms with Crippen molar-refractivity contribution in [2.75, 3.05) is 13.1 Å². The number of carbonyl (C=O) groups excluding carboxylic acids is 1. The van der Waals surface area contributed by atoms with Crippen molar-refractivity contribution in [2.45, 2.75) is 38.0 Å². The lowest BCUT2D eigenvalue weighted by Gasteiger charge is -2.20. The first-order valence-corrected chi connectivity index (χ1v) is 7.58. The topological polar surface area (TPSA) is 70.6 Å². The second kappa shape index (κ2) is 7.64. The number of rotatable bonds is 6. The summed E-state index contributed by atoms with van der Waals surface area (Å²) in [7, 11) is 0. The predicted octanol–water partition coefficient (Wildman–Crippen LogP) is 1.34. The minimum atomic E-state index is -0.443. The fourth-order valence-electron chi connectivity index (χ4n) is 2.24. The Morgan fingerprint density at radius 1 is 1.57 bits per heavy atom.